The van der Waals surface area contributed by atoms with E-state index in [-0.39, 0.29) is 0 Å². The summed E-state index contributed by atoms with van der Waals surface area (Å²) >= 11 is 0. The molecule has 0 amide bonds. The highest BCUT2D eigenvalue weighted by Crippen LogP contribution is 2.20. The Morgan fingerprint density at radius 3 is 3.07 bits per heavy atom. The minimum atomic E-state index is 0.493. The summed E-state index contributed by atoms with van der Waals surface area (Å²) in [6, 6.07) is 0. The Hall–Kier alpha value is -0.970. The number of nitrogens with zero attached hydrogens (tertiary/aromatic N) is 4. The maximum absolute atomic E-state index is 4.15. The largest absolute Gasteiger partial charge is 0.316 e. The second-order valence-corrected chi connectivity index (χ2v) is 4.66. The first-order chi connectivity index (χ1) is 7.27. The first-order valence-corrected chi connectivity index (χ1v) is 5.74. The first-order valence-electron chi connectivity index (χ1n) is 5.74. The summed E-state index contributed by atoms with van der Waals surface area (Å²) in [5.74, 6) is 2.13. The predicted molar refractivity (Wildman–Crippen MR) is 57.5 cm³/mol. The quantitative estimate of drug-likeness (QED) is 0.800. The fourth-order valence-electron chi connectivity index (χ4n) is 2.05. The van der Waals surface area contributed by atoms with Gasteiger partial charge in [-0.25, -0.2) is 4.68 Å². The summed E-state index contributed by atoms with van der Waals surface area (Å²) in [7, 11) is 0. The van der Waals surface area contributed by atoms with E-state index in [2.05, 4.69) is 34.7 Å². The zero-order valence-electron chi connectivity index (χ0n) is 9.48. The van der Waals surface area contributed by atoms with Gasteiger partial charge in [0.1, 0.15) is 0 Å². The average Bonchev–Trinajstić information content (AvgIpc) is 2.66. The summed E-state index contributed by atoms with van der Waals surface area (Å²) in [6.45, 7) is 7.43. The van der Waals surface area contributed by atoms with Crippen molar-refractivity contribution >= 4 is 0 Å². The van der Waals surface area contributed by atoms with E-state index in [0.29, 0.717) is 11.8 Å². The lowest BCUT2D eigenvalue weighted by molar-refractivity contribution is 0.400. The van der Waals surface area contributed by atoms with Crippen LogP contribution in [0.2, 0.25) is 0 Å². The normalized spacial score (nSPS) is 22.2. The number of tetrazole rings is 1. The molecule has 1 atom stereocenters. The third-order valence-corrected chi connectivity index (χ3v) is 2.76. The van der Waals surface area contributed by atoms with Gasteiger partial charge in [0.05, 0.1) is 0 Å². The number of rotatable bonds is 3. The van der Waals surface area contributed by atoms with Crippen molar-refractivity contribution in [1.82, 2.24) is 25.5 Å². The topological polar surface area (TPSA) is 55.6 Å². The van der Waals surface area contributed by atoms with Crippen molar-refractivity contribution in [3.63, 3.8) is 0 Å². The van der Waals surface area contributed by atoms with Gasteiger partial charge in [0, 0.05) is 19.0 Å². The molecule has 1 aromatic rings. The lowest BCUT2D eigenvalue weighted by atomic mass is 9.99. The first kappa shape index (κ1) is 10.5. The van der Waals surface area contributed by atoms with Crippen molar-refractivity contribution in [3.05, 3.63) is 5.82 Å². The van der Waals surface area contributed by atoms with E-state index in [1.807, 2.05) is 4.68 Å². The van der Waals surface area contributed by atoms with Crippen LogP contribution in [0.4, 0.5) is 0 Å². The molecule has 1 fully saturated rings. The zero-order chi connectivity index (χ0) is 10.7. The second-order valence-electron chi connectivity index (χ2n) is 4.66. The fraction of sp³-hybridized carbons (Fsp3) is 0.900. The van der Waals surface area contributed by atoms with Gasteiger partial charge in [-0.15, -0.1) is 5.10 Å². The second kappa shape index (κ2) is 4.70. The highest BCUT2D eigenvalue weighted by molar-refractivity contribution is 4.96. The van der Waals surface area contributed by atoms with E-state index in [9.17, 15) is 0 Å². The van der Waals surface area contributed by atoms with Crippen LogP contribution in [0.5, 0.6) is 0 Å². The molecule has 1 aromatic heterocycles. The van der Waals surface area contributed by atoms with Gasteiger partial charge in [-0.05, 0) is 35.7 Å². The van der Waals surface area contributed by atoms with Crippen molar-refractivity contribution in [2.75, 3.05) is 13.1 Å². The molecule has 1 saturated heterocycles. The molecule has 2 heterocycles. The molecule has 0 spiro atoms. The summed E-state index contributed by atoms with van der Waals surface area (Å²) in [5.41, 5.74) is 0. The molecule has 5 nitrogen and oxygen atoms in total. The van der Waals surface area contributed by atoms with Crippen molar-refractivity contribution in [2.45, 2.75) is 39.2 Å². The van der Waals surface area contributed by atoms with Gasteiger partial charge in [-0.2, -0.15) is 0 Å². The van der Waals surface area contributed by atoms with Crippen molar-refractivity contribution in [1.29, 1.82) is 0 Å². The van der Waals surface area contributed by atoms with Gasteiger partial charge in [0.25, 0.3) is 0 Å². The van der Waals surface area contributed by atoms with Gasteiger partial charge >= 0.3 is 0 Å². The van der Waals surface area contributed by atoms with E-state index < -0.39 is 0 Å². The lowest BCUT2D eigenvalue weighted by Gasteiger charge is -2.22. The van der Waals surface area contributed by atoms with Gasteiger partial charge in [-0.1, -0.05) is 13.8 Å². The minimum Gasteiger partial charge on any atom is -0.316 e. The molecule has 1 aliphatic heterocycles. The Morgan fingerprint density at radius 1 is 1.53 bits per heavy atom. The molecule has 0 bridgehead atoms. The third kappa shape index (κ3) is 2.53. The molecular weight excluding hydrogens is 190 g/mol. The van der Waals surface area contributed by atoms with Gasteiger partial charge in [0.2, 0.25) is 0 Å². The zero-order valence-corrected chi connectivity index (χ0v) is 9.48. The Kier molecular flexibility index (Phi) is 3.30. The molecule has 0 aliphatic carbocycles. The molecule has 5 heteroatoms. The summed E-state index contributed by atoms with van der Waals surface area (Å²) in [5, 5.41) is 15.4. The van der Waals surface area contributed by atoms with E-state index in [1.165, 1.54) is 12.8 Å². The van der Waals surface area contributed by atoms with Crippen LogP contribution in [0, 0.1) is 5.92 Å². The average molecular weight is 209 g/mol. The van der Waals surface area contributed by atoms with Crippen LogP contribution in [0.15, 0.2) is 0 Å². The van der Waals surface area contributed by atoms with E-state index in [1.54, 1.807) is 0 Å². The summed E-state index contributed by atoms with van der Waals surface area (Å²) in [4.78, 5) is 0. The number of piperidine rings is 1. The van der Waals surface area contributed by atoms with Gasteiger partial charge in [-0.3, -0.25) is 0 Å². The molecule has 0 radical (unpaired) electrons. The Labute approximate surface area is 90.2 Å². The fourth-order valence-corrected chi connectivity index (χ4v) is 2.05. The standard InChI is InChI=1S/C10H19N5/c1-8(2)7-15-10(12-13-14-15)9-4-3-5-11-6-9/h8-9,11H,3-7H2,1-2H3. The van der Waals surface area contributed by atoms with Crippen LogP contribution in [0.1, 0.15) is 38.4 Å². The van der Waals surface area contributed by atoms with Gasteiger partial charge in [0.15, 0.2) is 5.82 Å². The Bertz CT molecular complexity index is 301. The smallest absolute Gasteiger partial charge is 0.155 e. The minimum absolute atomic E-state index is 0.493. The van der Waals surface area contributed by atoms with Crippen LogP contribution < -0.4 is 5.32 Å². The van der Waals surface area contributed by atoms with E-state index in [4.69, 9.17) is 0 Å². The maximum Gasteiger partial charge on any atom is 0.155 e. The van der Waals surface area contributed by atoms with Crippen LogP contribution in [0.25, 0.3) is 0 Å². The molecule has 2 rings (SSSR count). The molecule has 1 unspecified atom stereocenters. The number of hydrogen-bond donors (Lipinski definition) is 1. The SMILES string of the molecule is CC(C)Cn1nnnc1C1CCCNC1. The van der Waals surface area contributed by atoms with Crippen molar-refractivity contribution in [3.8, 4) is 0 Å². The third-order valence-electron chi connectivity index (χ3n) is 2.76. The van der Waals surface area contributed by atoms with E-state index >= 15 is 0 Å². The van der Waals surface area contributed by atoms with Crippen molar-refractivity contribution in [2.24, 2.45) is 5.92 Å². The molecule has 84 valence electrons. The maximum atomic E-state index is 4.15. The molecular formula is C10H19N5. The molecule has 1 aliphatic rings. The highest BCUT2D eigenvalue weighted by atomic mass is 15.5. The molecule has 0 saturated carbocycles. The molecule has 15 heavy (non-hydrogen) atoms. The van der Waals surface area contributed by atoms with Crippen LogP contribution in [0.3, 0.4) is 0 Å². The summed E-state index contributed by atoms with van der Waals surface area (Å²) < 4.78 is 1.96. The van der Waals surface area contributed by atoms with Crippen LogP contribution >= 0.6 is 0 Å². The number of hydrogen-bond acceptors (Lipinski definition) is 4. The van der Waals surface area contributed by atoms with Gasteiger partial charge < -0.3 is 5.32 Å². The number of aromatic nitrogens is 4. The van der Waals surface area contributed by atoms with Crippen molar-refractivity contribution < 1.29 is 0 Å². The Morgan fingerprint density at radius 2 is 2.40 bits per heavy atom. The van der Waals surface area contributed by atoms with Crippen LogP contribution in [-0.2, 0) is 6.54 Å². The predicted octanol–water partition coefficient (Wildman–Crippen LogP) is 0.796. The Balaban J connectivity index is 2.09. The monoisotopic (exact) mass is 209 g/mol. The summed E-state index contributed by atoms with van der Waals surface area (Å²) in [6.07, 6.45) is 2.42. The van der Waals surface area contributed by atoms with Crippen LogP contribution in [-0.4, -0.2) is 33.3 Å². The molecule has 0 aromatic carbocycles. The molecule has 1 N–H and O–H groups in total. The van der Waals surface area contributed by atoms with E-state index in [0.717, 1.165) is 25.5 Å². The number of nitrogens with one attached hydrogen (secondary N) is 1. The highest BCUT2D eigenvalue weighted by Gasteiger charge is 2.21. The lowest BCUT2D eigenvalue weighted by Crippen LogP contribution is -2.30.